The van der Waals surface area contributed by atoms with Gasteiger partial charge < -0.3 is 20.5 Å². The highest BCUT2D eigenvalue weighted by atomic mass is 35.5. The van der Waals surface area contributed by atoms with E-state index in [4.69, 9.17) is 10.7 Å². The number of amides is 2. The van der Waals surface area contributed by atoms with Crippen molar-refractivity contribution in [2.45, 2.75) is 50.7 Å². The Hall–Kier alpha value is -3.72. The number of primary amides is 1. The molecule has 2 amide bonds. The van der Waals surface area contributed by atoms with Crippen LogP contribution in [0.3, 0.4) is 0 Å². The molecule has 2 heterocycles. The maximum absolute atomic E-state index is 13.6. The Morgan fingerprint density at radius 2 is 1.57 bits per heavy atom. The molecule has 0 bridgehead atoms. The molecule has 1 aromatic heterocycles. The van der Waals surface area contributed by atoms with Crippen LogP contribution < -0.4 is 11.1 Å². The number of nitrogens with zero attached hydrogens (tertiary/aromatic N) is 4. The van der Waals surface area contributed by atoms with E-state index in [0.29, 0.717) is 5.56 Å². The van der Waals surface area contributed by atoms with Crippen LogP contribution in [-0.4, -0.2) is 64.4 Å². The van der Waals surface area contributed by atoms with Crippen molar-refractivity contribution in [3.63, 3.8) is 0 Å². The Kier molecular flexibility index (Phi) is 10.4. The molecule has 232 valence electrons. The molecular formula is C35H43ClN6O2. The average Bonchev–Trinajstić information content (AvgIpc) is 3.38. The number of piperazine rings is 1. The maximum Gasteiger partial charge on any atom is 0.244 e. The predicted molar refractivity (Wildman–Crippen MR) is 177 cm³/mol. The highest BCUT2D eigenvalue weighted by Gasteiger charge is 2.34. The Morgan fingerprint density at radius 3 is 2.30 bits per heavy atom. The van der Waals surface area contributed by atoms with Gasteiger partial charge in [0.25, 0.3) is 0 Å². The summed E-state index contributed by atoms with van der Waals surface area (Å²) in [6, 6.07) is 25.6. The summed E-state index contributed by atoms with van der Waals surface area (Å²) < 4.78 is 2.35. The molecule has 44 heavy (non-hydrogen) atoms. The fourth-order valence-electron chi connectivity index (χ4n) is 6.74. The number of halogens is 1. The van der Waals surface area contributed by atoms with E-state index in [2.05, 4.69) is 75.3 Å². The van der Waals surface area contributed by atoms with Crippen molar-refractivity contribution in [2.75, 3.05) is 33.2 Å². The van der Waals surface area contributed by atoms with E-state index in [9.17, 15) is 9.59 Å². The molecule has 3 N–H and O–H groups in total. The van der Waals surface area contributed by atoms with Gasteiger partial charge in [-0.1, -0.05) is 79.6 Å². The number of imidazole rings is 1. The van der Waals surface area contributed by atoms with E-state index >= 15 is 0 Å². The monoisotopic (exact) mass is 614 g/mol. The molecule has 0 unspecified atom stereocenters. The molecule has 0 spiro atoms. The molecule has 1 aliphatic heterocycles. The van der Waals surface area contributed by atoms with Crippen molar-refractivity contribution in [1.82, 2.24) is 24.7 Å². The number of carbonyl (C=O) groups is 2. The van der Waals surface area contributed by atoms with Crippen LogP contribution in [0.25, 0.3) is 11.0 Å². The molecule has 2 fully saturated rings. The molecule has 1 saturated carbocycles. The first kappa shape index (κ1) is 31.7. The zero-order valence-corrected chi connectivity index (χ0v) is 26.2. The minimum absolute atomic E-state index is 0. The Labute approximate surface area is 266 Å². The lowest BCUT2D eigenvalue weighted by molar-refractivity contribution is -0.131. The van der Waals surface area contributed by atoms with Crippen molar-refractivity contribution in [1.29, 1.82) is 0 Å². The van der Waals surface area contributed by atoms with Gasteiger partial charge in [-0.15, -0.1) is 12.4 Å². The standard InChI is InChI=1S/C35H42N6O2.ClH/c1-39-19-21-40(22-20-39)24-32-37-30-13-7-8-14-31(30)41(32)23-25-15-17-26(18-16-25)28-11-5-6-12-29(28)35(43)38-33(34(36)42)27-9-3-2-4-10-27;/h2-4,7-10,13-18,28-29,33H,5-6,11-12,19-24H2,1H3,(H2,36,42)(H,38,43);1H/t28-,29+,33-;/m0./s1. The van der Waals surface area contributed by atoms with Crippen LogP contribution in [0.4, 0.5) is 0 Å². The maximum atomic E-state index is 13.6. The normalized spacial score (nSPS) is 20.1. The zero-order valence-electron chi connectivity index (χ0n) is 25.4. The lowest BCUT2D eigenvalue weighted by Crippen LogP contribution is -2.44. The van der Waals surface area contributed by atoms with E-state index in [1.165, 1.54) is 11.1 Å². The quantitative estimate of drug-likeness (QED) is 0.280. The number of fused-ring (bicyclic) bond motifs is 1. The zero-order chi connectivity index (χ0) is 29.8. The van der Waals surface area contributed by atoms with Crippen molar-refractivity contribution in [3.05, 3.63) is 101 Å². The Morgan fingerprint density at radius 1 is 0.886 bits per heavy atom. The number of likely N-dealkylation sites (N-methyl/N-ethyl adjacent to an activating group) is 1. The first-order chi connectivity index (χ1) is 21.0. The number of nitrogens with two attached hydrogens (primary N) is 1. The third kappa shape index (κ3) is 7.15. The average molecular weight is 615 g/mol. The smallest absolute Gasteiger partial charge is 0.244 e. The molecule has 4 aromatic rings. The van der Waals surface area contributed by atoms with E-state index < -0.39 is 11.9 Å². The third-order valence-electron chi connectivity index (χ3n) is 9.25. The van der Waals surface area contributed by atoms with Crippen molar-refractivity contribution in [2.24, 2.45) is 11.7 Å². The molecular weight excluding hydrogens is 572 g/mol. The second kappa shape index (κ2) is 14.4. The summed E-state index contributed by atoms with van der Waals surface area (Å²) in [7, 11) is 2.18. The van der Waals surface area contributed by atoms with E-state index in [1.807, 2.05) is 30.3 Å². The molecule has 3 atom stereocenters. The number of hydrogen-bond donors (Lipinski definition) is 2. The highest BCUT2D eigenvalue weighted by Crippen LogP contribution is 2.38. The summed E-state index contributed by atoms with van der Waals surface area (Å²) in [4.78, 5) is 35.7. The van der Waals surface area contributed by atoms with Gasteiger partial charge in [0.1, 0.15) is 11.9 Å². The minimum atomic E-state index is -0.830. The molecule has 9 heteroatoms. The largest absolute Gasteiger partial charge is 0.368 e. The van der Waals surface area contributed by atoms with Crippen molar-refractivity contribution in [3.8, 4) is 0 Å². The number of hydrogen-bond acceptors (Lipinski definition) is 5. The molecule has 1 aliphatic carbocycles. The lowest BCUT2D eigenvalue weighted by atomic mass is 9.74. The van der Waals surface area contributed by atoms with E-state index in [0.717, 1.165) is 81.8 Å². The second-order valence-electron chi connectivity index (χ2n) is 12.2. The fraction of sp³-hybridized carbons (Fsp3) is 0.400. The van der Waals surface area contributed by atoms with Gasteiger partial charge in [-0.25, -0.2) is 4.98 Å². The summed E-state index contributed by atoms with van der Waals surface area (Å²) in [5.41, 5.74) is 11.0. The van der Waals surface area contributed by atoms with Crippen LogP contribution in [0.15, 0.2) is 78.9 Å². The van der Waals surface area contributed by atoms with Gasteiger partial charge in [0.2, 0.25) is 11.8 Å². The number of nitrogens with one attached hydrogen (secondary N) is 1. The van der Waals surface area contributed by atoms with Crippen LogP contribution in [0, 0.1) is 5.92 Å². The van der Waals surface area contributed by atoms with Gasteiger partial charge in [-0.2, -0.15) is 0 Å². The number of aromatic nitrogens is 2. The third-order valence-corrected chi connectivity index (χ3v) is 9.25. The Bertz CT molecular complexity index is 1550. The molecule has 2 aliphatic rings. The molecule has 6 rings (SSSR count). The lowest BCUT2D eigenvalue weighted by Gasteiger charge is -2.32. The van der Waals surface area contributed by atoms with Crippen LogP contribution >= 0.6 is 12.4 Å². The number of rotatable bonds is 9. The van der Waals surface area contributed by atoms with Gasteiger partial charge in [-0.3, -0.25) is 14.5 Å². The van der Waals surface area contributed by atoms with Gasteiger partial charge in [0.15, 0.2) is 0 Å². The summed E-state index contributed by atoms with van der Waals surface area (Å²) in [5, 5.41) is 2.97. The summed E-state index contributed by atoms with van der Waals surface area (Å²) >= 11 is 0. The minimum Gasteiger partial charge on any atom is -0.368 e. The fourth-order valence-corrected chi connectivity index (χ4v) is 6.74. The molecule has 1 saturated heterocycles. The summed E-state index contributed by atoms with van der Waals surface area (Å²) in [6.07, 6.45) is 3.84. The second-order valence-corrected chi connectivity index (χ2v) is 12.2. The highest BCUT2D eigenvalue weighted by molar-refractivity contribution is 5.89. The van der Waals surface area contributed by atoms with Crippen LogP contribution in [0.5, 0.6) is 0 Å². The van der Waals surface area contributed by atoms with Crippen LogP contribution in [-0.2, 0) is 22.7 Å². The van der Waals surface area contributed by atoms with Crippen molar-refractivity contribution >= 4 is 35.3 Å². The topological polar surface area (TPSA) is 96.5 Å². The molecule has 3 aromatic carbocycles. The predicted octanol–water partition coefficient (Wildman–Crippen LogP) is 4.87. The molecule has 0 radical (unpaired) electrons. The van der Waals surface area contributed by atoms with E-state index in [-0.39, 0.29) is 30.2 Å². The number of carbonyl (C=O) groups excluding carboxylic acids is 2. The summed E-state index contributed by atoms with van der Waals surface area (Å²) in [5.74, 6) is 0.364. The first-order valence-electron chi connectivity index (χ1n) is 15.5. The van der Waals surface area contributed by atoms with Crippen LogP contribution in [0.1, 0.15) is 60.2 Å². The molecule has 8 nitrogen and oxygen atoms in total. The van der Waals surface area contributed by atoms with Gasteiger partial charge in [-0.05, 0) is 54.6 Å². The SMILES string of the molecule is CN1CCN(Cc2nc3ccccc3n2Cc2ccc([C@@H]3CCCC[C@H]3C(=O)N[C@H](C(N)=O)c3ccccc3)cc2)CC1.Cl. The van der Waals surface area contributed by atoms with E-state index in [1.54, 1.807) is 0 Å². The van der Waals surface area contributed by atoms with Gasteiger partial charge >= 0.3 is 0 Å². The van der Waals surface area contributed by atoms with Crippen LogP contribution in [0.2, 0.25) is 0 Å². The number of para-hydroxylation sites is 2. The van der Waals surface area contributed by atoms with Gasteiger partial charge in [0.05, 0.1) is 17.6 Å². The Balaban J connectivity index is 0.00000384. The van der Waals surface area contributed by atoms with Gasteiger partial charge in [0, 0.05) is 38.6 Å². The summed E-state index contributed by atoms with van der Waals surface area (Å²) in [6.45, 7) is 5.85. The number of benzene rings is 3. The first-order valence-corrected chi connectivity index (χ1v) is 15.5. The van der Waals surface area contributed by atoms with Crippen molar-refractivity contribution < 1.29 is 9.59 Å².